The fraction of sp³-hybridized carbons (Fsp3) is 0.364. The Morgan fingerprint density at radius 3 is 2.71 bits per heavy atom. The first kappa shape index (κ1) is 13.0. The molecule has 92 valence electrons. The molecule has 0 saturated carbocycles. The predicted octanol–water partition coefficient (Wildman–Crippen LogP) is 0.635. The van der Waals surface area contributed by atoms with Crippen molar-refractivity contribution in [3.63, 3.8) is 0 Å². The number of likely N-dealkylation sites (N-methyl/N-ethyl adjacent to an activating group) is 1. The van der Waals surface area contributed by atoms with Crippen molar-refractivity contribution >= 4 is 11.9 Å². The van der Waals surface area contributed by atoms with Gasteiger partial charge in [0.2, 0.25) is 5.88 Å². The average Bonchev–Trinajstić information content (AvgIpc) is 2.35. The summed E-state index contributed by atoms with van der Waals surface area (Å²) in [5.74, 6) is -1.32. The second-order valence-electron chi connectivity index (χ2n) is 3.49. The molecule has 1 heterocycles. The van der Waals surface area contributed by atoms with Crippen LogP contribution in [0.1, 0.15) is 17.3 Å². The summed E-state index contributed by atoms with van der Waals surface area (Å²) in [7, 11) is 2.83. The molecule has 0 aliphatic rings. The number of methoxy groups -OCH3 is 1. The van der Waals surface area contributed by atoms with Crippen LogP contribution in [0.5, 0.6) is 5.88 Å². The maximum Gasteiger partial charge on any atom is 0.326 e. The fourth-order valence-electron chi connectivity index (χ4n) is 1.25. The Balaban J connectivity index is 3.00. The highest BCUT2D eigenvalue weighted by Crippen LogP contribution is 2.16. The lowest BCUT2D eigenvalue weighted by atomic mass is 10.2. The molecule has 6 heteroatoms. The summed E-state index contributed by atoms with van der Waals surface area (Å²) in [6.07, 6.45) is 1.50. The van der Waals surface area contributed by atoms with Crippen LogP contribution in [0.3, 0.4) is 0 Å². The summed E-state index contributed by atoms with van der Waals surface area (Å²) in [6, 6.07) is 2.22. The molecule has 1 unspecified atom stereocenters. The number of amides is 1. The molecule has 0 fully saturated rings. The Hall–Kier alpha value is -2.11. The lowest BCUT2D eigenvalue weighted by Gasteiger charge is -2.21. The maximum absolute atomic E-state index is 12.0. The van der Waals surface area contributed by atoms with Gasteiger partial charge in [-0.1, -0.05) is 0 Å². The first-order valence-electron chi connectivity index (χ1n) is 4.98. The number of pyridine rings is 1. The number of aliphatic carboxylic acids is 1. The minimum atomic E-state index is -1.07. The van der Waals surface area contributed by atoms with Crippen LogP contribution in [0.25, 0.3) is 0 Å². The van der Waals surface area contributed by atoms with E-state index >= 15 is 0 Å². The average molecular weight is 238 g/mol. The Morgan fingerprint density at radius 1 is 1.53 bits per heavy atom. The summed E-state index contributed by atoms with van der Waals surface area (Å²) < 4.78 is 4.95. The van der Waals surface area contributed by atoms with E-state index in [4.69, 9.17) is 9.84 Å². The van der Waals surface area contributed by atoms with E-state index in [0.29, 0.717) is 0 Å². The minimum absolute atomic E-state index is 0.182. The van der Waals surface area contributed by atoms with Gasteiger partial charge in [-0.3, -0.25) is 4.79 Å². The van der Waals surface area contributed by atoms with E-state index in [-0.39, 0.29) is 11.4 Å². The lowest BCUT2D eigenvalue weighted by Crippen LogP contribution is -2.40. The smallest absolute Gasteiger partial charge is 0.326 e. The summed E-state index contributed by atoms with van der Waals surface area (Å²) in [5.41, 5.74) is 0.241. The van der Waals surface area contributed by atoms with Gasteiger partial charge >= 0.3 is 5.97 Å². The topological polar surface area (TPSA) is 79.7 Å². The van der Waals surface area contributed by atoms with Gasteiger partial charge in [-0.25, -0.2) is 9.78 Å². The third-order valence-corrected chi connectivity index (χ3v) is 2.45. The monoisotopic (exact) mass is 238 g/mol. The van der Waals surface area contributed by atoms with Crippen molar-refractivity contribution in [1.29, 1.82) is 0 Å². The Labute approximate surface area is 98.8 Å². The molecule has 0 saturated heterocycles. The molecule has 1 atom stereocenters. The highest BCUT2D eigenvalue weighted by Gasteiger charge is 2.25. The second-order valence-corrected chi connectivity index (χ2v) is 3.49. The van der Waals surface area contributed by atoms with Crippen molar-refractivity contribution in [1.82, 2.24) is 9.88 Å². The Kier molecular flexibility index (Phi) is 4.03. The van der Waals surface area contributed by atoms with E-state index in [0.717, 1.165) is 4.90 Å². The SMILES string of the molecule is COc1ncccc1C(=O)N(C)C(C)C(=O)O. The molecule has 0 radical (unpaired) electrons. The fourth-order valence-corrected chi connectivity index (χ4v) is 1.25. The highest BCUT2D eigenvalue weighted by molar-refractivity contribution is 5.98. The van der Waals surface area contributed by atoms with Crippen LogP contribution in [0, 0.1) is 0 Å². The van der Waals surface area contributed by atoms with Gasteiger partial charge in [0, 0.05) is 13.2 Å². The van der Waals surface area contributed by atoms with Crippen molar-refractivity contribution in [3.05, 3.63) is 23.9 Å². The quantitative estimate of drug-likeness (QED) is 0.832. The highest BCUT2D eigenvalue weighted by atomic mass is 16.5. The normalized spacial score (nSPS) is 11.7. The van der Waals surface area contributed by atoms with Gasteiger partial charge in [-0.05, 0) is 19.1 Å². The summed E-state index contributed by atoms with van der Waals surface area (Å²) >= 11 is 0. The first-order chi connectivity index (χ1) is 7.99. The number of carbonyl (C=O) groups excluding carboxylic acids is 1. The molecule has 6 nitrogen and oxygen atoms in total. The van der Waals surface area contributed by atoms with E-state index in [2.05, 4.69) is 4.98 Å². The minimum Gasteiger partial charge on any atom is -0.480 e. The number of carboxylic acids is 1. The van der Waals surface area contributed by atoms with Crippen LogP contribution in [0.15, 0.2) is 18.3 Å². The molecule has 0 spiro atoms. The molecular formula is C11H14N2O4. The van der Waals surface area contributed by atoms with E-state index in [1.54, 1.807) is 12.1 Å². The number of carbonyl (C=O) groups is 2. The largest absolute Gasteiger partial charge is 0.480 e. The molecule has 1 aromatic heterocycles. The lowest BCUT2D eigenvalue weighted by molar-refractivity contribution is -0.141. The number of carboxylic acid groups (broad SMARTS) is 1. The van der Waals surface area contributed by atoms with Crippen LogP contribution in [-0.4, -0.2) is 47.1 Å². The van der Waals surface area contributed by atoms with Crippen LogP contribution in [0.4, 0.5) is 0 Å². The molecule has 1 rings (SSSR count). The Bertz CT molecular complexity index is 433. The third kappa shape index (κ3) is 2.72. The van der Waals surface area contributed by atoms with Crippen molar-refractivity contribution in [2.24, 2.45) is 0 Å². The molecule has 1 N–H and O–H groups in total. The number of rotatable bonds is 4. The summed E-state index contributed by atoms with van der Waals surface area (Å²) in [4.78, 5) is 27.8. The van der Waals surface area contributed by atoms with E-state index < -0.39 is 17.9 Å². The van der Waals surface area contributed by atoms with Gasteiger partial charge in [-0.15, -0.1) is 0 Å². The van der Waals surface area contributed by atoms with Crippen molar-refractivity contribution in [2.45, 2.75) is 13.0 Å². The van der Waals surface area contributed by atoms with Gasteiger partial charge < -0.3 is 14.7 Å². The molecule has 17 heavy (non-hydrogen) atoms. The number of nitrogens with zero attached hydrogens (tertiary/aromatic N) is 2. The van der Waals surface area contributed by atoms with E-state index in [1.165, 1.54) is 27.3 Å². The van der Waals surface area contributed by atoms with Gasteiger partial charge in [0.05, 0.1) is 7.11 Å². The molecule has 0 bridgehead atoms. The van der Waals surface area contributed by atoms with Gasteiger partial charge in [0.1, 0.15) is 11.6 Å². The summed E-state index contributed by atoms with van der Waals surface area (Å²) in [6.45, 7) is 1.43. The third-order valence-electron chi connectivity index (χ3n) is 2.45. The second kappa shape index (κ2) is 5.29. The van der Waals surface area contributed by atoms with Crippen molar-refractivity contribution in [2.75, 3.05) is 14.2 Å². The van der Waals surface area contributed by atoms with Crippen LogP contribution < -0.4 is 4.74 Å². The zero-order valence-corrected chi connectivity index (χ0v) is 9.88. The van der Waals surface area contributed by atoms with Crippen LogP contribution in [-0.2, 0) is 4.79 Å². The van der Waals surface area contributed by atoms with Crippen LogP contribution in [0.2, 0.25) is 0 Å². The number of ether oxygens (including phenoxy) is 1. The number of hydrogen-bond acceptors (Lipinski definition) is 4. The van der Waals surface area contributed by atoms with Crippen molar-refractivity contribution in [3.8, 4) is 5.88 Å². The molecule has 0 aliphatic carbocycles. The first-order valence-corrected chi connectivity index (χ1v) is 4.98. The molecule has 1 aromatic rings. The Morgan fingerprint density at radius 2 is 2.18 bits per heavy atom. The molecular weight excluding hydrogens is 224 g/mol. The van der Waals surface area contributed by atoms with E-state index in [1.807, 2.05) is 0 Å². The van der Waals surface area contributed by atoms with Crippen LogP contribution >= 0.6 is 0 Å². The summed E-state index contributed by atoms with van der Waals surface area (Å²) in [5, 5.41) is 8.83. The van der Waals surface area contributed by atoms with Crippen molar-refractivity contribution < 1.29 is 19.4 Å². The standard InChI is InChI=1S/C11H14N2O4/c1-7(11(15)16)13(2)10(14)8-5-4-6-12-9(8)17-3/h4-7H,1-3H3,(H,15,16). The predicted molar refractivity (Wildman–Crippen MR) is 60.0 cm³/mol. The number of aromatic nitrogens is 1. The molecule has 0 aliphatic heterocycles. The van der Waals surface area contributed by atoms with E-state index in [9.17, 15) is 9.59 Å². The molecule has 0 aromatic carbocycles. The van der Waals surface area contributed by atoms with Gasteiger partial charge in [-0.2, -0.15) is 0 Å². The molecule has 1 amide bonds. The zero-order chi connectivity index (χ0) is 13.0. The number of hydrogen-bond donors (Lipinski definition) is 1. The van der Waals surface area contributed by atoms with Gasteiger partial charge in [0.15, 0.2) is 0 Å². The zero-order valence-electron chi connectivity index (χ0n) is 9.88. The maximum atomic E-state index is 12.0. The van der Waals surface area contributed by atoms with Gasteiger partial charge in [0.25, 0.3) is 5.91 Å².